The predicted molar refractivity (Wildman–Crippen MR) is 84.3 cm³/mol. The molecular weight excluding hydrogens is 290 g/mol. The molecule has 0 aliphatic heterocycles. The lowest BCUT2D eigenvalue weighted by atomic mass is 10.2. The molecule has 2 rings (SSSR count). The van der Waals surface area contributed by atoms with Gasteiger partial charge >= 0.3 is 0 Å². The molecule has 0 atom stereocenters. The first-order valence-electron chi connectivity index (χ1n) is 6.70. The normalized spacial score (nSPS) is 9.95. The molecule has 114 valence electrons. The van der Waals surface area contributed by atoms with Gasteiger partial charge < -0.3 is 10.6 Å². The van der Waals surface area contributed by atoms with Crippen LogP contribution in [0, 0.1) is 0 Å². The first-order chi connectivity index (χ1) is 9.78. The Balaban J connectivity index is 0.00000220. The van der Waals surface area contributed by atoms with Gasteiger partial charge in [0.25, 0.3) is 0 Å². The second-order valence-corrected chi connectivity index (χ2v) is 4.44. The largest absolute Gasteiger partial charge is 0.326 e. The van der Waals surface area contributed by atoms with Gasteiger partial charge in [-0.15, -0.1) is 12.4 Å². The van der Waals surface area contributed by atoms with Gasteiger partial charge in [0.15, 0.2) is 0 Å². The number of rotatable bonds is 7. The SMILES string of the molecule is CCNCc1cccc(NC(=O)CCn2cncn2)c1.Cl. The molecule has 0 spiro atoms. The average Bonchev–Trinajstić information content (AvgIpc) is 2.97. The summed E-state index contributed by atoms with van der Waals surface area (Å²) in [5.41, 5.74) is 1.98. The van der Waals surface area contributed by atoms with Crippen LogP contribution in [-0.4, -0.2) is 27.2 Å². The monoisotopic (exact) mass is 309 g/mol. The molecule has 0 saturated carbocycles. The number of nitrogens with zero attached hydrogens (tertiary/aromatic N) is 3. The highest BCUT2D eigenvalue weighted by molar-refractivity contribution is 5.90. The van der Waals surface area contributed by atoms with Gasteiger partial charge in [0, 0.05) is 18.7 Å². The van der Waals surface area contributed by atoms with E-state index >= 15 is 0 Å². The highest BCUT2D eigenvalue weighted by Gasteiger charge is 2.04. The van der Waals surface area contributed by atoms with Crippen LogP contribution in [0.15, 0.2) is 36.9 Å². The van der Waals surface area contributed by atoms with E-state index < -0.39 is 0 Å². The van der Waals surface area contributed by atoms with Crippen LogP contribution in [0.4, 0.5) is 5.69 Å². The number of nitrogens with one attached hydrogen (secondary N) is 2. The number of anilines is 1. The third kappa shape index (κ3) is 5.93. The number of benzene rings is 1. The van der Waals surface area contributed by atoms with Crippen LogP contribution in [0.3, 0.4) is 0 Å². The first-order valence-corrected chi connectivity index (χ1v) is 6.70. The van der Waals surface area contributed by atoms with Gasteiger partial charge in [-0.2, -0.15) is 5.10 Å². The van der Waals surface area contributed by atoms with Crippen molar-refractivity contribution in [1.82, 2.24) is 20.1 Å². The minimum Gasteiger partial charge on any atom is -0.326 e. The van der Waals surface area contributed by atoms with Crippen molar-refractivity contribution in [3.05, 3.63) is 42.5 Å². The second-order valence-electron chi connectivity index (χ2n) is 4.44. The van der Waals surface area contributed by atoms with Crippen molar-refractivity contribution in [3.63, 3.8) is 0 Å². The van der Waals surface area contributed by atoms with Crippen molar-refractivity contribution in [1.29, 1.82) is 0 Å². The number of hydrogen-bond donors (Lipinski definition) is 2. The number of halogens is 1. The Hall–Kier alpha value is -1.92. The van der Waals surface area contributed by atoms with E-state index in [1.807, 2.05) is 24.3 Å². The van der Waals surface area contributed by atoms with E-state index in [9.17, 15) is 4.79 Å². The maximum atomic E-state index is 11.8. The molecule has 0 aliphatic carbocycles. The Morgan fingerprint density at radius 3 is 2.95 bits per heavy atom. The molecule has 2 N–H and O–H groups in total. The van der Waals surface area contributed by atoms with Crippen LogP contribution < -0.4 is 10.6 Å². The van der Waals surface area contributed by atoms with Crippen LogP contribution in [0.5, 0.6) is 0 Å². The molecule has 21 heavy (non-hydrogen) atoms. The van der Waals surface area contributed by atoms with Crippen molar-refractivity contribution >= 4 is 24.0 Å². The fourth-order valence-electron chi connectivity index (χ4n) is 1.82. The summed E-state index contributed by atoms with van der Waals surface area (Å²) >= 11 is 0. The van der Waals surface area contributed by atoms with Gasteiger partial charge in [0.2, 0.25) is 5.91 Å². The number of amides is 1. The van der Waals surface area contributed by atoms with Crippen molar-refractivity contribution in [2.24, 2.45) is 0 Å². The fraction of sp³-hybridized carbons (Fsp3) is 0.357. The summed E-state index contributed by atoms with van der Waals surface area (Å²) in [5.74, 6) is -0.0268. The predicted octanol–water partition coefficient (Wildman–Crippen LogP) is 1.84. The lowest BCUT2D eigenvalue weighted by Crippen LogP contribution is -2.15. The second kappa shape index (κ2) is 9.10. The highest BCUT2D eigenvalue weighted by Crippen LogP contribution is 2.11. The first kappa shape index (κ1) is 17.1. The Labute approximate surface area is 130 Å². The molecule has 2 aromatic rings. The van der Waals surface area contributed by atoms with Crippen molar-refractivity contribution in [2.45, 2.75) is 26.4 Å². The molecule has 0 aliphatic rings. The Bertz CT molecular complexity index is 544. The maximum absolute atomic E-state index is 11.8. The van der Waals surface area contributed by atoms with E-state index in [4.69, 9.17) is 0 Å². The summed E-state index contributed by atoms with van der Waals surface area (Å²) in [6.45, 7) is 4.33. The van der Waals surface area contributed by atoms with Gasteiger partial charge in [-0.3, -0.25) is 9.48 Å². The molecule has 0 fully saturated rings. The lowest BCUT2D eigenvalue weighted by molar-refractivity contribution is -0.116. The van der Waals surface area contributed by atoms with Gasteiger partial charge in [-0.05, 0) is 24.2 Å². The van der Waals surface area contributed by atoms with Crippen LogP contribution in [0.1, 0.15) is 18.9 Å². The summed E-state index contributed by atoms with van der Waals surface area (Å²) in [6, 6.07) is 7.85. The van der Waals surface area contributed by atoms with Gasteiger partial charge in [0.1, 0.15) is 12.7 Å². The average molecular weight is 310 g/mol. The third-order valence-corrected chi connectivity index (χ3v) is 2.82. The Morgan fingerprint density at radius 1 is 1.38 bits per heavy atom. The van der Waals surface area contributed by atoms with E-state index in [0.717, 1.165) is 24.3 Å². The maximum Gasteiger partial charge on any atom is 0.226 e. The molecule has 1 aromatic heterocycles. The molecule has 0 saturated heterocycles. The van der Waals surface area contributed by atoms with E-state index in [1.54, 1.807) is 11.0 Å². The fourth-order valence-corrected chi connectivity index (χ4v) is 1.82. The van der Waals surface area contributed by atoms with Gasteiger partial charge in [0.05, 0.1) is 6.54 Å². The zero-order valence-corrected chi connectivity index (χ0v) is 12.8. The molecular formula is C14H20ClN5O. The Morgan fingerprint density at radius 2 is 2.24 bits per heavy atom. The topological polar surface area (TPSA) is 71.8 Å². The standard InChI is InChI=1S/C14H19N5O.ClH/c1-2-15-9-12-4-3-5-13(8-12)18-14(20)6-7-19-11-16-10-17-19;/h3-5,8,10-11,15H,2,6-7,9H2,1H3,(H,18,20);1H. The summed E-state index contributed by atoms with van der Waals surface area (Å²) < 4.78 is 1.64. The van der Waals surface area contributed by atoms with Crippen LogP contribution in [0.25, 0.3) is 0 Å². The van der Waals surface area contributed by atoms with Gasteiger partial charge in [-0.1, -0.05) is 19.1 Å². The van der Waals surface area contributed by atoms with E-state index in [2.05, 4.69) is 27.6 Å². The minimum absolute atomic E-state index is 0. The Kier molecular flexibility index (Phi) is 7.42. The number of carbonyl (C=O) groups is 1. The zero-order chi connectivity index (χ0) is 14.2. The lowest BCUT2D eigenvalue weighted by Gasteiger charge is -2.08. The number of hydrogen-bond acceptors (Lipinski definition) is 4. The van der Waals surface area contributed by atoms with Crippen LogP contribution in [-0.2, 0) is 17.9 Å². The molecule has 0 bridgehead atoms. The minimum atomic E-state index is -0.0268. The van der Waals surface area contributed by atoms with Crippen LogP contribution in [0.2, 0.25) is 0 Å². The van der Waals surface area contributed by atoms with Crippen molar-refractivity contribution in [2.75, 3.05) is 11.9 Å². The van der Waals surface area contributed by atoms with Crippen molar-refractivity contribution < 1.29 is 4.79 Å². The summed E-state index contributed by atoms with van der Waals surface area (Å²) in [5, 5.41) is 10.1. The summed E-state index contributed by atoms with van der Waals surface area (Å²) in [4.78, 5) is 15.7. The molecule has 1 aromatic carbocycles. The van der Waals surface area contributed by atoms with Crippen molar-refractivity contribution in [3.8, 4) is 0 Å². The number of aromatic nitrogens is 3. The molecule has 1 heterocycles. The summed E-state index contributed by atoms with van der Waals surface area (Å²) in [7, 11) is 0. The molecule has 6 nitrogen and oxygen atoms in total. The molecule has 1 amide bonds. The van der Waals surface area contributed by atoms with E-state index in [1.165, 1.54) is 6.33 Å². The quantitative estimate of drug-likeness (QED) is 0.818. The molecule has 0 unspecified atom stereocenters. The van der Waals surface area contributed by atoms with E-state index in [-0.39, 0.29) is 18.3 Å². The molecule has 7 heteroatoms. The third-order valence-electron chi connectivity index (χ3n) is 2.82. The number of aryl methyl sites for hydroxylation is 1. The highest BCUT2D eigenvalue weighted by atomic mass is 35.5. The van der Waals surface area contributed by atoms with Gasteiger partial charge in [-0.25, -0.2) is 4.98 Å². The molecule has 0 radical (unpaired) electrons. The zero-order valence-electron chi connectivity index (χ0n) is 12.0. The smallest absolute Gasteiger partial charge is 0.226 e. The van der Waals surface area contributed by atoms with Crippen LogP contribution >= 0.6 is 12.4 Å². The summed E-state index contributed by atoms with van der Waals surface area (Å²) in [6.07, 6.45) is 3.44. The number of carbonyl (C=O) groups excluding carboxylic acids is 1. The van der Waals surface area contributed by atoms with E-state index in [0.29, 0.717) is 13.0 Å².